The summed E-state index contributed by atoms with van der Waals surface area (Å²) in [6.45, 7) is 9.22. The molecule has 1 amide bonds. The third-order valence-corrected chi connectivity index (χ3v) is 6.07. The second-order valence-electron chi connectivity index (χ2n) is 8.04. The first-order chi connectivity index (χ1) is 14.4. The van der Waals surface area contributed by atoms with Crippen molar-refractivity contribution in [2.75, 3.05) is 6.54 Å². The number of amides is 1. The predicted octanol–water partition coefficient (Wildman–Crippen LogP) is 4.45. The first-order valence-corrected chi connectivity index (χ1v) is 11.2. The lowest BCUT2D eigenvalue weighted by atomic mass is 10.0. The summed E-state index contributed by atoms with van der Waals surface area (Å²) >= 11 is 1.34. The number of carbonyl (C=O) groups excluding carboxylic acids is 1. The van der Waals surface area contributed by atoms with Gasteiger partial charge in [0.15, 0.2) is 5.16 Å². The Balaban J connectivity index is 1.75. The Labute approximate surface area is 181 Å². The van der Waals surface area contributed by atoms with Crippen molar-refractivity contribution in [2.24, 2.45) is 5.92 Å². The summed E-state index contributed by atoms with van der Waals surface area (Å²) in [6, 6.07) is 17.5. The van der Waals surface area contributed by atoms with Gasteiger partial charge in [-0.2, -0.15) is 0 Å². The third kappa shape index (κ3) is 5.30. The van der Waals surface area contributed by atoms with Gasteiger partial charge in [-0.15, -0.1) is 0 Å². The van der Waals surface area contributed by atoms with Crippen molar-refractivity contribution in [3.8, 4) is 0 Å². The molecule has 0 spiro atoms. The molecule has 0 aliphatic carbocycles. The maximum Gasteiger partial charge on any atom is 0.262 e. The van der Waals surface area contributed by atoms with E-state index in [0.29, 0.717) is 35.1 Å². The number of hydrogen-bond acceptors (Lipinski definition) is 4. The smallest absolute Gasteiger partial charge is 0.262 e. The SMILES string of the molecule is CC(C)Cn1c(S[C@@H](C)C(=O)NC[C@@H](C)c2ccccc2)nc2ccccc2c1=O. The highest BCUT2D eigenvalue weighted by Gasteiger charge is 2.20. The number of nitrogens with zero attached hydrogens (tertiary/aromatic N) is 2. The zero-order valence-corrected chi connectivity index (χ0v) is 18.8. The molecule has 2 atom stereocenters. The van der Waals surface area contributed by atoms with Gasteiger partial charge < -0.3 is 5.32 Å². The van der Waals surface area contributed by atoms with E-state index < -0.39 is 0 Å². The first-order valence-electron chi connectivity index (χ1n) is 10.4. The number of rotatable bonds is 8. The topological polar surface area (TPSA) is 64.0 Å². The molecule has 3 rings (SSSR count). The Hall–Kier alpha value is -2.60. The molecule has 0 saturated carbocycles. The third-order valence-electron chi connectivity index (χ3n) is 4.98. The lowest BCUT2D eigenvalue weighted by Crippen LogP contribution is -2.34. The molecule has 0 saturated heterocycles. The summed E-state index contributed by atoms with van der Waals surface area (Å²) in [4.78, 5) is 30.4. The van der Waals surface area contributed by atoms with E-state index in [4.69, 9.17) is 4.98 Å². The Morgan fingerprint density at radius 2 is 1.70 bits per heavy atom. The molecule has 1 aromatic heterocycles. The Bertz CT molecular complexity index is 1060. The molecule has 0 radical (unpaired) electrons. The average Bonchev–Trinajstić information content (AvgIpc) is 2.74. The van der Waals surface area contributed by atoms with Crippen molar-refractivity contribution in [1.29, 1.82) is 0 Å². The van der Waals surface area contributed by atoms with Gasteiger partial charge in [-0.1, -0.05) is 75.0 Å². The molecule has 0 bridgehead atoms. The van der Waals surface area contributed by atoms with E-state index in [1.54, 1.807) is 10.6 Å². The quantitative estimate of drug-likeness (QED) is 0.429. The van der Waals surface area contributed by atoms with Crippen LogP contribution in [0.4, 0.5) is 0 Å². The van der Waals surface area contributed by atoms with Gasteiger partial charge in [-0.3, -0.25) is 14.2 Å². The summed E-state index contributed by atoms with van der Waals surface area (Å²) in [7, 11) is 0. The molecule has 2 aromatic carbocycles. The van der Waals surface area contributed by atoms with Gasteiger partial charge in [0.25, 0.3) is 5.56 Å². The summed E-state index contributed by atoms with van der Waals surface area (Å²) in [5.74, 6) is 0.465. The van der Waals surface area contributed by atoms with Crippen LogP contribution in [0.15, 0.2) is 64.5 Å². The van der Waals surface area contributed by atoms with Gasteiger partial charge in [-0.25, -0.2) is 4.98 Å². The van der Waals surface area contributed by atoms with Crippen molar-refractivity contribution in [2.45, 2.75) is 50.6 Å². The minimum absolute atomic E-state index is 0.0536. The highest BCUT2D eigenvalue weighted by Crippen LogP contribution is 2.23. The maximum atomic E-state index is 13.0. The number of nitrogens with one attached hydrogen (secondary N) is 1. The van der Waals surface area contributed by atoms with E-state index in [1.807, 2.05) is 43.3 Å². The fraction of sp³-hybridized carbons (Fsp3) is 0.375. The summed E-state index contributed by atoms with van der Waals surface area (Å²) < 4.78 is 1.70. The number of benzene rings is 2. The van der Waals surface area contributed by atoms with Crippen molar-refractivity contribution in [3.05, 3.63) is 70.5 Å². The Morgan fingerprint density at radius 1 is 1.03 bits per heavy atom. The molecule has 3 aromatic rings. The fourth-order valence-electron chi connectivity index (χ4n) is 3.27. The van der Waals surface area contributed by atoms with E-state index in [1.165, 1.54) is 17.3 Å². The number of para-hydroxylation sites is 1. The molecule has 5 nitrogen and oxygen atoms in total. The normalized spacial score (nSPS) is 13.4. The lowest BCUT2D eigenvalue weighted by molar-refractivity contribution is -0.120. The van der Waals surface area contributed by atoms with E-state index in [-0.39, 0.29) is 22.6 Å². The molecule has 0 unspecified atom stereocenters. The van der Waals surface area contributed by atoms with Crippen molar-refractivity contribution >= 4 is 28.6 Å². The second-order valence-corrected chi connectivity index (χ2v) is 9.35. The summed E-state index contributed by atoms with van der Waals surface area (Å²) in [5, 5.41) is 3.87. The molecule has 0 aliphatic heterocycles. The first kappa shape index (κ1) is 22.1. The summed E-state index contributed by atoms with van der Waals surface area (Å²) in [6.07, 6.45) is 0. The van der Waals surface area contributed by atoms with Crippen LogP contribution in [0.2, 0.25) is 0 Å². The number of thioether (sulfide) groups is 1. The largest absolute Gasteiger partial charge is 0.355 e. The van der Waals surface area contributed by atoms with E-state index in [2.05, 4.69) is 38.2 Å². The van der Waals surface area contributed by atoms with Crippen LogP contribution in [0.5, 0.6) is 0 Å². The molecule has 1 N–H and O–H groups in total. The van der Waals surface area contributed by atoms with Crippen molar-refractivity contribution in [1.82, 2.24) is 14.9 Å². The number of aromatic nitrogens is 2. The monoisotopic (exact) mass is 423 g/mol. The molecule has 0 fully saturated rings. The highest BCUT2D eigenvalue weighted by atomic mass is 32.2. The fourth-order valence-corrected chi connectivity index (χ4v) is 4.21. The van der Waals surface area contributed by atoms with Crippen molar-refractivity contribution < 1.29 is 4.79 Å². The van der Waals surface area contributed by atoms with Gasteiger partial charge in [0.2, 0.25) is 5.91 Å². The minimum atomic E-state index is -0.362. The van der Waals surface area contributed by atoms with Crippen LogP contribution in [0.3, 0.4) is 0 Å². The molecule has 6 heteroatoms. The Morgan fingerprint density at radius 3 is 2.40 bits per heavy atom. The Kier molecular flexibility index (Phi) is 7.32. The molecule has 30 heavy (non-hydrogen) atoms. The van der Waals surface area contributed by atoms with Gasteiger partial charge >= 0.3 is 0 Å². The van der Waals surface area contributed by atoms with E-state index >= 15 is 0 Å². The number of carbonyl (C=O) groups is 1. The summed E-state index contributed by atoms with van der Waals surface area (Å²) in [5.41, 5.74) is 1.80. The molecular formula is C24H29N3O2S. The second kappa shape index (κ2) is 9.94. The highest BCUT2D eigenvalue weighted by molar-refractivity contribution is 8.00. The van der Waals surface area contributed by atoms with Gasteiger partial charge in [0.1, 0.15) is 0 Å². The standard InChI is InChI=1S/C24H29N3O2S/c1-16(2)15-27-23(29)20-12-8-9-13-21(20)26-24(27)30-18(4)22(28)25-14-17(3)19-10-6-5-7-11-19/h5-13,16-18H,14-15H2,1-4H3,(H,25,28)/t17-,18+/m1/s1. The predicted molar refractivity (Wildman–Crippen MR) is 124 cm³/mol. The van der Waals surface area contributed by atoms with Crippen LogP contribution in [0.1, 0.15) is 39.2 Å². The van der Waals surface area contributed by atoms with Crippen LogP contribution < -0.4 is 10.9 Å². The molecular weight excluding hydrogens is 394 g/mol. The molecule has 0 aliphatic rings. The van der Waals surface area contributed by atoms with Gasteiger partial charge in [0, 0.05) is 13.1 Å². The number of hydrogen-bond donors (Lipinski definition) is 1. The zero-order valence-electron chi connectivity index (χ0n) is 18.0. The lowest BCUT2D eigenvalue weighted by Gasteiger charge is -2.18. The molecule has 1 heterocycles. The van der Waals surface area contributed by atoms with Gasteiger partial charge in [-0.05, 0) is 36.5 Å². The van der Waals surface area contributed by atoms with Crippen LogP contribution in [-0.2, 0) is 11.3 Å². The van der Waals surface area contributed by atoms with E-state index in [9.17, 15) is 9.59 Å². The minimum Gasteiger partial charge on any atom is -0.355 e. The maximum absolute atomic E-state index is 13.0. The number of fused-ring (bicyclic) bond motifs is 1. The van der Waals surface area contributed by atoms with Crippen LogP contribution in [0.25, 0.3) is 10.9 Å². The van der Waals surface area contributed by atoms with Gasteiger partial charge in [0.05, 0.1) is 16.2 Å². The van der Waals surface area contributed by atoms with Crippen LogP contribution in [0, 0.1) is 5.92 Å². The average molecular weight is 424 g/mol. The van der Waals surface area contributed by atoms with E-state index in [0.717, 1.165) is 0 Å². The van der Waals surface area contributed by atoms with Crippen LogP contribution >= 0.6 is 11.8 Å². The van der Waals surface area contributed by atoms with Crippen LogP contribution in [-0.4, -0.2) is 27.3 Å². The zero-order chi connectivity index (χ0) is 21.7. The van der Waals surface area contributed by atoms with Crippen molar-refractivity contribution in [3.63, 3.8) is 0 Å². The molecule has 158 valence electrons.